The highest BCUT2D eigenvalue weighted by atomic mass is 35.5. The Hall–Kier alpha value is -1.83. The molecule has 4 rings (SSSR count). The minimum absolute atomic E-state index is 0.0615. The summed E-state index contributed by atoms with van der Waals surface area (Å²) in [6, 6.07) is 3.58. The maximum atomic E-state index is 13.0. The summed E-state index contributed by atoms with van der Waals surface area (Å²) < 4.78 is 16.8. The second-order valence-electron chi connectivity index (χ2n) is 9.47. The molecule has 1 aromatic rings. The van der Waals surface area contributed by atoms with E-state index in [-0.39, 0.29) is 24.0 Å². The van der Waals surface area contributed by atoms with Crippen LogP contribution in [0.3, 0.4) is 0 Å². The van der Waals surface area contributed by atoms with Crippen LogP contribution in [-0.4, -0.2) is 66.9 Å². The van der Waals surface area contributed by atoms with Gasteiger partial charge in [-0.3, -0.25) is 9.69 Å². The van der Waals surface area contributed by atoms with Crippen molar-refractivity contribution in [2.75, 3.05) is 39.5 Å². The Morgan fingerprint density at radius 3 is 2.61 bits per heavy atom. The highest BCUT2D eigenvalue weighted by Crippen LogP contribution is 2.35. The summed E-state index contributed by atoms with van der Waals surface area (Å²) in [5.41, 5.74) is 2.55. The topological polar surface area (TPSA) is 68.3 Å². The molecule has 0 aliphatic carbocycles. The molecule has 2 fully saturated rings. The summed E-state index contributed by atoms with van der Waals surface area (Å²) in [4.78, 5) is 29.6. The molecule has 0 radical (unpaired) electrons. The van der Waals surface area contributed by atoms with E-state index < -0.39 is 5.60 Å². The van der Waals surface area contributed by atoms with E-state index in [1.54, 1.807) is 4.90 Å². The van der Waals surface area contributed by atoms with Gasteiger partial charge >= 0.3 is 6.09 Å². The van der Waals surface area contributed by atoms with Crippen LogP contribution < -0.4 is 0 Å². The molecule has 31 heavy (non-hydrogen) atoms. The van der Waals surface area contributed by atoms with Crippen molar-refractivity contribution in [1.82, 2.24) is 9.80 Å². The summed E-state index contributed by atoms with van der Waals surface area (Å²) in [5, 5.41) is 0.632. The van der Waals surface area contributed by atoms with Gasteiger partial charge in [0.15, 0.2) is 0 Å². The van der Waals surface area contributed by atoms with Gasteiger partial charge in [-0.05, 0) is 62.4 Å². The predicted octanol–water partition coefficient (Wildman–Crippen LogP) is 3.57. The predicted molar refractivity (Wildman–Crippen MR) is 116 cm³/mol. The molecular formula is C23H31ClN2O5. The van der Waals surface area contributed by atoms with Crippen molar-refractivity contribution < 1.29 is 23.8 Å². The van der Waals surface area contributed by atoms with Crippen molar-refractivity contribution in [3.05, 3.63) is 33.8 Å². The standard InChI is InChI=1S/C23H31ClN2O5/c1-23(2,3)31-22(28)26-7-9-30-14-20(26)18-11-17(24)10-15-4-6-25(12-19(15)18)21(27)16-5-8-29-13-16/h10-11,16,20H,4-9,12-14H2,1-3H3. The lowest BCUT2D eigenvalue weighted by Crippen LogP contribution is -2.46. The monoisotopic (exact) mass is 450 g/mol. The van der Waals surface area contributed by atoms with E-state index in [1.807, 2.05) is 37.8 Å². The molecule has 2 atom stereocenters. The summed E-state index contributed by atoms with van der Waals surface area (Å²) in [5.74, 6) is 0.0847. The number of nitrogens with zero attached hydrogens (tertiary/aromatic N) is 2. The Kier molecular flexibility index (Phi) is 6.47. The summed E-state index contributed by atoms with van der Waals surface area (Å²) in [6.07, 6.45) is 1.15. The number of benzene rings is 1. The number of hydrogen-bond acceptors (Lipinski definition) is 5. The van der Waals surface area contributed by atoms with Crippen LogP contribution in [0.4, 0.5) is 4.79 Å². The second kappa shape index (κ2) is 8.96. The molecule has 0 N–H and O–H groups in total. The van der Waals surface area contributed by atoms with E-state index in [0.717, 1.165) is 29.5 Å². The van der Waals surface area contributed by atoms with Gasteiger partial charge in [-0.2, -0.15) is 0 Å². The van der Waals surface area contributed by atoms with Gasteiger partial charge < -0.3 is 19.1 Å². The molecular weight excluding hydrogens is 420 g/mol. The first-order valence-electron chi connectivity index (χ1n) is 11.0. The van der Waals surface area contributed by atoms with E-state index in [1.165, 1.54) is 0 Å². The average molecular weight is 451 g/mol. The molecule has 3 aliphatic heterocycles. The van der Waals surface area contributed by atoms with Crippen LogP contribution in [0.5, 0.6) is 0 Å². The van der Waals surface area contributed by atoms with E-state index in [9.17, 15) is 9.59 Å². The molecule has 2 saturated heterocycles. The van der Waals surface area contributed by atoms with Crippen LogP contribution >= 0.6 is 11.6 Å². The molecule has 8 heteroatoms. The number of halogens is 1. The quantitative estimate of drug-likeness (QED) is 0.689. The number of carbonyl (C=O) groups is 2. The number of amides is 2. The highest BCUT2D eigenvalue weighted by molar-refractivity contribution is 6.30. The fourth-order valence-electron chi connectivity index (χ4n) is 4.53. The molecule has 0 aromatic heterocycles. The van der Waals surface area contributed by atoms with Crippen molar-refractivity contribution in [2.24, 2.45) is 5.92 Å². The second-order valence-corrected chi connectivity index (χ2v) is 9.90. The molecule has 1 aromatic carbocycles. The molecule has 7 nitrogen and oxygen atoms in total. The Morgan fingerprint density at radius 2 is 1.90 bits per heavy atom. The van der Waals surface area contributed by atoms with Crippen molar-refractivity contribution >= 4 is 23.6 Å². The summed E-state index contributed by atoms with van der Waals surface area (Å²) >= 11 is 6.46. The largest absolute Gasteiger partial charge is 0.444 e. The third-order valence-corrected chi connectivity index (χ3v) is 6.27. The van der Waals surface area contributed by atoms with Crippen LogP contribution in [0, 0.1) is 5.92 Å². The number of rotatable bonds is 2. The number of fused-ring (bicyclic) bond motifs is 1. The molecule has 2 amide bonds. The van der Waals surface area contributed by atoms with E-state index in [4.69, 9.17) is 25.8 Å². The number of hydrogen-bond donors (Lipinski definition) is 0. The molecule has 2 unspecified atom stereocenters. The third kappa shape index (κ3) is 4.99. The zero-order valence-electron chi connectivity index (χ0n) is 18.5. The lowest BCUT2D eigenvalue weighted by Gasteiger charge is -2.39. The van der Waals surface area contributed by atoms with Crippen LogP contribution in [-0.2, 0) is 32.0 Å². The van der Waals surface area contributed by atoms with Crippen LogP contribution in [0.2, 0.25) is 5.02 Å². The molecule has 170 valence electrons. The first-order valence-corrected chi connectivity index (χ1v) is 11.4. The van der Waals surface area contributed by atoms with E-state index in [2.05, 4.69) is 0 Å². The van der Waals surface area contributed by atoms with Gasteiger partial charge in [0.05, 0.1) is 31.8 Å². The van der Waals surface area contributed by atoms with Crippen LogP contribution in [0.1, 0.15) is 49.9 Å². The zero-order chi connectivity index (χ0) is 22.2. The molecule has 0 saturated carbocycles. The van der Waals surface area contributed by atoms with Crippen molar-refractivity contribution in [3.63, 3.8) is 0 Å². The lowest BCUT2D eigenvalue weighted by molar-refractivity contribution is -0.136. The molecule has 3 heterocycles. The fraction of sp³-hybridized carbons (Fsp3) is 0.652. The zero-order valence-corrected chi connectivity index (χ0v) is 19.2. The van der Waals surface area contributed by atoms with Gasteiger partial charge in [0.1, 0.15) is 5.60 Å². The van der Waals surface area contributed by atoms with Crippen molar-refractivity contribution in [1.29, 1.82) is 0 Å². The number of ether oxygens (including phenoxy) is 3. The normalized spacial score (nSPS) is 24.1. The lowest BCUT2D eigenvalue weighted by atomic mass is 9.90. The van der Waals surface area contributed by atoms with E-state index >= 15 is 0 Å². The minimum atomic E-state index is -0.583. The van der Waals surface area contributed by atoms with Gasteiger partial charge in [0.2, 0.25) is 5.91 Å². The maximum Gasteiger partial charge on any atom is 0.410 e. The highest BCUT2D eigenvalue weighted by Gasteiger charge is 2.36. The number of morpholine rings is 1. The van der Waals surface area contributed by atoms with Gasteiger partial charge in [-0.15, -0.1) is 0 Å². The van der Waals surface area contributed by atoms with Crippen molar-refractivity contribution in [2.45, 2.75) is 51.8 Å². The summed E-state index contributed by atoms with van der Waals surface area (Å²) in [6.45, 7) is 9.18. The minimum Gasteiger partial charge on any atom is -0.444 e. The van der Waals surface area contributed by atoms with Gasteiger partial charge in [-0.25, -0.2) is 4.79 Å². The van der Waals surface area contributed by atoms with Gasteiger partial charge in [0, 0.05) is 31.3 Å². The number of carbonyl (C=O) groups excluding carboxylic acids is 2. The van der Waals surface area contributed by atoms with Gasteiger partial charge in [0.25, 0.3) is 0 Å². The Labute approximate surface area is 188 Å². The third-order valence-electron chi connectivity index (χ3n) is 6.05. The Balaban J connectivity index is 1.63. The fourth-order valence-corrected chi connectivity index (χ4v) is 4.78. The Bertz CT molecular complexity index is 847. The average Bonchev–Trinajstić information content (AvgIpc) is 3.26. The van der Waals surface area contributed by atoms with Crippen LogP contribution in [0.15, 0.2) is 12.1 Å². The molecule has 0 spiro atoms. The Morgan fingerprint density at radius 1 is 1.13 bits per heavy atom. The SMILES string of the molecule is CC(C)(C)OC(=O)N1CCOCC1c1cc(Cl)cc2c1CN(C(=O)C1CCOC1)CC2. The summed E-state index contributed by atoms with van der Waals surface area (Å²) in [7, 11) is 0. The van der Waals surface area contributed by atoms with Gasteiger partial charge in [-0.1, -0.05) is 11.6 Å². The molecule has 0 bridgehead atoms. The first kappa shape index (κ1) is 22.4. The van der Waals surface area contributed by atoms with E-state index in [0.29, 0.717) is 51.1 Å². The smallest absolute Gasteiger partial charge is 0.410 e. The molecule has 3 aliphatic rings. The first-order chi connectivity index (χ1) is 14.7. The maximum absolute atomic E-state index is 13.0. The van der Waals surface area contributed by atoms with Crippen molar-refractivity contribution in [3.8, 4) is 0 Å². The van der Waals surface area contributed by atoms with Crippen LogP contribution in [0.25, 0.3) is 0 Å².